The Kier molecular flexibility index (Phi) is 2.20. The van der Waals surface area contributed by atoms with Crippen molar-refractivity contribution < 1.29 is 0 Å². The predicted octanol–water partition coefficient (Wildman–Crippen LogP) is 2.79. The van der Waals surface area contributed by atoms with Gasteiger partial charge in [-0.25, -0.2) is 0 Å². The summed E-state index contributed by atoms with van der Waals surface area (Å²) in [5, 5.41) is 0. The van der Waals surface area contributed by atoms with Crippen LogP contribution in [0.25, 0.3) is 0 Å². The van der Waals surface area contributed by atoms with Crippen molar-refractivity contribution in [3.8, 4) is 0 Å². The number of aromatic nitrogens is 2. The standard InChI is InChI=1S/C12H16N2/c1-9-4-7-12(13-9)8-14-10(2)5-6-11(14)3/h4-7,13H,8H2,1-3H3. The van der Waals surface area contributed by atoms with Gasteiger partial charge >= 0.3 is 0 Å². The third-order valence-electron chi connectivity index (χ3n) is 2.64. The van der Waals surface area contributed by atoms with Crippen LogP contribution in [0.2, 0.25) is 0 Å². The van der Waals surface area contributed by atoms with Crippen LogP contribution in [0.1, 0.15) is 22.8 Å². The van der Waals surface area contributed by atoms with Crippen LogP contribution in [0.3, 0.4) is 0 Å². The molecule has 2 rings (SSSR count). The van der Waals surface area contributed by atoms with Gasteiger partial charge in [0.25, 0.3) is 0 Å². The molecule has 2 heterocycles. The molecule has 74 valence electrons. The fourth-order valence-electron chi connectivity index (χ4n) is 1.77. The molecule has 0 aliphatic carbocycles. The number of nitrogens with one attached hydrogen (secondary N) is 1. The maximum atomic E-state index is 3.35. The lowest BCUT2D eigenvalue weighted by molar-refractivity contribution is 0.733. The summed E-state index contributed by atoms with van der Waals surface area (Å²) in [7, 11) is 0. The van der Waals surface area contributed by atoms with Crippen LogP contribution in [-0.4, -0.2) is 9.55 Å². The highest BCUT2D eigenvalue weighted by Gasteiger charge is 2.02. The van der Waals surface area contributed by atoms with Gasteiger partial charge in [-0.15, -0.1) is 0 Å². The number of aryl methyl sites for hydroxylation is 3. The van der Waals surface area contributed by atoms with Gasteiger partial charge in [0.2, 0.25) is 0 Å². The van der Waals surface area contributed by atoms with E-state index in [1.165, 1.54) is 22.8 Å². The van der Waals surface area contributed by atoms with Crippen LogP contribution < -0.4 is 0 Å². The molecular formula is C12H16N2. The second-order valence-corrected chi connectivity index (χ2v) is 3.87. The summed E-state index contributed by atoms with van der Waals surface area (Å²) in [5.74, 6) is 0. The Morgan fingerprint density at radius 1 is 1.00 bits per heavy atom. The number of nitrogens with zero attached hydrogens (tertiary/aromatic N) is 1. The number of H-pyrrole nitrogens is 1. The van der Waals surface area contributed by atoms with Crippen LogP contribution in [0, 0.1) is 20.8 Å². The van der Waals surface area contributed by atoms with Gasteiger partial charge in [0.1, 0.15) is 0 Å². The van der Waals surface area contributed by atoms with Gasteiger partial charge in [-0.1, -0.05) is 0 Å². The first kappa shape index (κ1) is 9.13. The molecule has 0 aliphatic heterocycles. The lowest BCUT2D eigenvalue weighted by atomic mass is 10.4. The summed E-state index contributed by atoms with van der Waals surface area (Å²) in [6.45, 7) is 7.31. The lowest BCUT2D eigenvalue weighted by Gasteiger charge is -2.07. The van der Waals surface area contributed by atoms with Gasteiger partial charge in [0, 0.05) is 22.8 Å². The minimum atomic E-state index is 0.943. The molecule has 0 amide bonds. The molecule has 2 heteroatoms. The zero-order valence-electron chi connectivity index (χ0n) is 8.96. The van der Waals surface area contributed by atoms with Crippen LogP contribution in [0.5, 0.6) is 0 Å². The Labute approximate surface area is 84.6 Å². The SMILES string of the molecule is Cc1ccc(Cn2c(C)ccc2C)[nH]1. The second-order valence-electron chi connectivity index (χ2n) is 3.87. The van der Waals surface area contributed by atoms with Crippen molar-refractivity contribution in [1.82, 2.24) is 9.55 Å². The topological polar surface area (TPSA) is 20.7 Å². The van der Waals surface area contributed by atoms with Crippen molar-refractivity contribution >= 4 is 0 Å². The zero-order valence-corrected chi connectivity index (χ0v) is 8.96. The van der Waals surface area contributed by atoms with Gasteiger partial charge < -0.3 is 9.55 Å². The Balaban J connectivity index is 2.26. The van der Waals surface area contributed by atoms with Gasteiger partial charge in [-0.05, 0) is 45.0 Å². The van der Waals surface area contributed by atoms with Crippen molar-refractivity contribution in [3.63, 3.8) is 0 Å². The summed E-state index contributed by atoms with van der Waals surface area (Å²) >= 11 is 0. The van der Waals surface area contributed by atoms with Crippen molar-refractivity contribution in [2.45, 2.75) is 27.3 Å². The van der Waals surface area contributed by atoms with E-state index in [0.717, 1.165) is 6.54 Å². The first-order chi connectivity index (χ1) is 6.66. The first-order valence-electron chi connectivity index (χ1n) is 4.94. The fraction of sp³-hybridized carbons (Fsp3) is 0.333. The van der Waals surface area contributed by atoms with E-state index in [-0.39, 0.29) is 0 Å². The van der Waals surface area contributed by atoms with Crippen LogP contribution in [0.4, 0.5) is 0 Å². The highest BCUT2D eigenvalue weighted by Crippen LogP contribution is 2.10. The van der Waals surface area contributed by atoms with Gasteiger partial charge in [-0.3, -0.25) is 0 Å². The average Bonchev–Trinajstić information content (AvgIpc) is 2.67. The van der Waals surface area contributed by atoms with E-state index < -0.39 is 0 Å². The van der Waals surface area contributed by atoms with Crippen molar-refractivity contribution in [3.05, 3.63) is 47.0 Å². The highest BCUT2D eigenvalue weighted by molar-refractivity contribution is 5.18. The lowest BCUT2D eigenvalue weighted by Crippen LogP contribution is -2.03. The molecule has 0 fully saturated rings. The molecule has 0 atom stereocenters. The maximum absolute atomic E-state index is 3.35. The molecule has 0 radical (unpaired) electrons. The molecule has 0 aromatic carbocycles. The molecule has 0 spiro atoms. The largest absolute Gasteiger partial charge is 0.361 e. The molecule has 0 aliphatic rings. The molecule has 2 aromatic heterocycles. The summed E-state index contributed by atoms with van der Waals surface area (Å²) in [6.07, 6.45) is 0. The van der Waals surface area contributed by atoms with Crippen molar-refractivity contribution in [1.29, 1.82) is 0 Å². The van der Waals surface area contributed by atoms with E-state index in [9.17, 15) is 0 Å². The first-order valence-corrected chi connectivity index (χ1v) is 4.94. The van der Waals surface area contributed by atoms with Crippen LogP contribution in [-0.2, 0) is 6.54 Å². The van der Waals surface area contributed by atoms with E-state index in [4.69, 9.17) is 0 Å². The molecule has 0 bridgehead atoms. The Bertz CT molecular complexity index is 415. The summed E-state index contributed by atoms with van der Waals surface area (Å²) in [5.41, 5.74) is 5.12. The maximum Gasteiger partial charge on any atom is 0.0625 e. The summed E-state index contributed by atoms with van der Waals surface area (Å²) in [6, 6.07) is 8.58. The Hall–Kier alpha value is -1.44. The van der Waals surface area contributed by atoms with E-state index in [2.05, 4.69) is 54.6 Å². The quantitative estimate of drug-likeness (QED) is 0.748. The summed E-state index contributed by atoms with van der Waals surface area (Å²) in [4.78, 5) is 3.35. The number of hydrogen-bond donors (Lipinski definition) is 1. The van der Waals surface area contributed by atoms with Crippen molar-refractivity contribution in [2.24, 2.45) is 0 Å². The average molecular weight is 188 g/mol. The fourth-order valence-corrected chi connectivity index (χ4v) is 1.77. The molecular weight excluding hydrogens is 172 g/mol. The normalized spacial score (nSPS) is 10.8. The predicted molar refractivity (Wildman–Crippen MR) is 58.5 cm³/mol. The monoisotopic (exact) mass is 188 g/mol. The number of aromatic amines is 1. The van der Waals surface area contributed by atoms with E-state index in [1.807, 2.05) is 0 Å². The minimum absolute atomic E-state index is 0.943. The van der Waals surface area contributed by atoms with E-state index in [0.29, 0.717) is 0 Å². The second kappa shape index (κ2) is 3.37. The smallest absolute Gasteiger partial charge is 0.0625 e. The van der Waals surface area contributed by atoms with Gasteiger partial charge in [0.15, 0.2) is 0 Å². The van der Waals surface area contributed by atoms with Crippen LogP contribution >= 0.6 is 0 Å². The molecule has 0 saturated carbocycles. The molecule has 2 aromatic rings. The van der Waals surface area contributed by atoms with Crippen molar-refractivity contribution in [2.75, 3.05) is 0 Å². The van der Waals surface area contributed by atoms with Gasteiger partial charge in [0.05, 0.1) is 6.54 Å². The van der Waals surface area contributed by atoms with Crippen LogP contribution in [0.15, 0.2) is 24.3 Å². The van der Waals surface area contributed by atoms with E-state index in [1.54, 1.807) is 0 Å². The third kappa shape index (κ3) is 1.60. The Morgan fingerprint density at radius 2 is 1.64 bits per heavy atom. The molecule has 0 saturated heterocycles. The number of hydrogen-bond acceptors (Lipinski definition) is 0. The molecule has 2 nitrogen and oxygen atoms in total. The number of rotatable bonds is 2. The zero-order chi connectivity index (χ0) is 10.1. The molecule has 14 heavy (non-hydrogen) atoms. The molecule has 0 unspecified atom stereocenters. The van der Waals surface area contributed by atoms with Gasteiger partial charge in [-0.2, -0.15) is 0 Å². The highest BCUT2D eigenvalue weighted by atomic mass is 15.0. The third-order valence-corrected chi connectivity index (χ3v) is 2.64. The minimum Gasteiger partial charge on any atom is -0.361 e. The molecule has 1 N–H and O–H groups in total. The Morgan fingerprint density at radius 3 is 2.14 bits per heavy atom. The summed E-state index contributed by atoms with van der Waals surface area (Å²) < 4.78 is 2.31. The van der Waals surface area contributed by atoms with E-state index >= 15 is 0 Å².